The van der Waals surface area contributed by atoms with Gasteiger partial charge in [-0.15, -0.1) is 0 Å². The third kappa shape index (κ3) is 14.1. The van der Waals surface area contributed by atoms with Crippen molar-refractivity contribution in [1.82, 2.24) is 9.80 Å². The minimum atomic E-state index is -0.449. The van der Waals surface area contributed by atoms with Crippen molar-refractivity contribution in [1.29, 1.82) is 0 Å². The van der Waals surface area contributed by atoms with Gasteiger partial charge in [0.1, 0.15) is 5.60 Å². The van der Waals surface area contributed by atoms with Crippen molar-refractivity contribution in [2.45, 2.75) is 60.5 Å². The van der Waals surface area contributed by atoms with Crippen LogP contribution in [0.15, 0.2) is 24.3 Å². The SMILES string of the molecule is C=C(/C=C/CC)CN(C)CCN(CC)C(=O)OC(C)(C)C.CC. The summed E-state index contributed by atoms with van der Waals surface area (Å²) in [6, 6.07) is 0. The molecule has 0 heterocycles. The van der Waals surface area contributed by atoms with Crippen molar-refractivity contribution in [3.8, 4) is 0 Å². The molecule has 0 aliphatic heterocycles. The molecular weight excluding hydrogens is 288 g/mol. The predicted molar refractivity (Wildman–Crippen MR) is 101 cm³/mol. The van der Waals surface area contributed by atoms with Crippen LogP contribution in [0, 0.1) is 0 Å². The average molecular weight is 327 g/mol. The van der Waals surface area contributed by atoms with E-state index in [1.54, 1.807) is 4.90 Å². The lowest BCUT2D eigenvalue weighted by Gasteiger charge is -2.28. The van der Waals surface area contributed by atoms with E-state index in [-0.39, 0.29) is 6.09 Å². The number of carbonyl (C=O) groups is 1. The summed E-state index contributed by atoms with van der Waals surface area (Å²) in [5.41, 5.74) is 0.634. The molecule has 0 N–H and O–H groups in total. The minimum Gasteiger partial charge on any atom is -0.444 e. The first-order chi connectivity index (χ1) is 10.7. The molecule has 0 spiro atoms. The first kappa shape index (κ1) is 24.0. The van der Waals surface area contributed by atoms with Crippen LogP contribution in [0.3, 0.4) is 0 Å². The van der Waals surface area contributed by atoms with E-state index in [9.17, 15) is 4.79 Å². The first-order valence-corrected chi connectivity index (χ1v) is 8.70. The van der Waals surface area contributed by atoms with Crippen LogP contribution in [-0.4, -0.2) is 54.7 Å². The molecule has 0 aliphatic carbocycles. The molecule has 4 nitrogen and oxygen atoms in total. The van der Waals surface area contributed by atoms with Gasteiger partial charge in [-0.1, -0.05) is 39.5 Å². The van der Waals surface area contributed by atoms with Crippen LogP contribution >= 0.6 is 0 Å². The number of carbonyl (C=O) groups excluding carboxylic acids is 1. The Morgan fingerprint density at radius 1 is 1.17 bits per heavy atom. The number of hydrogen-bond donors (Lipinski definition) is 0. The molecule has 0 unspecified atom stereocenters. The fraction of sp³-hybridized carbons (Fsp3) is 0.737. The summed E-state index contributed by atoms with van der Waals surface area (Å²) >= 11 is 0. The number of amides is 1. The van der Waals surface area contributed by atoms with E-state index in [4.69, 9.17) is 4.74 Å². The first-order valence-electron chi connectivity index (χ1n) is 8.70. The van der Waals surface area contributed by atoms with Gasteiger partial charge in [0.15, 0.2) is 0 Å². The second-order valence-electron chi connectivity index (χ2n) is 6.27. The molecule has 0 bridgehead atoms. The number of hydrogen-bond acceptors (Lipinski definition) is 3. The summed E-state index contributed by atoms with van der Waals surface area (Å²) in [7, 11) is 2.04. The van der Waals surface area contributed by atoms with E-state index in [1.807, 2.05) is 48.6 Å². The Hall–Kier alpha value is -1.29. The normalized spacial score (nSPS) is 11.2. The van der Waals surface area contributed by atoms with Crippen LogP contribution in [0.4, 0.5) is 4.79 Å². The minimum absolute atomic E-state index is 0.247. The average Bonchev–Trinajstić information content (AvgIpc) is 2.46. The Labute approximate surface area is 144 Å². The smallest absolute Gasteiger partial charge is 0.410 e. The molecule has 1 amide bonds. The standard InChI is InChI=1S/C17H32N2O2.C2H6/c1-8-10-11-15(3)14-18(7)12-13-19(9-2)16(20)21-17(4,5)6;1-2/h10-11H,3,8-9,12-14H2,1-2,4-7H3;1-2H3/b11-10+;. The number of nitrogens with zero attached hydrogens (tertiary/aromatic N) is 2. The zero-order chi connectivity index (χ0) is 18.5. The topological polar surface area (TPSA) is 32.8 Å². The van der Waals surface area contributed by atoms with Gasteiger partial charge in [0.05, 0.1) is 0 Å². The summed E-state index contributed by atoms with van der Waals surface area (Å²) in [5, 5.41) is 0. The zero-order valence-corrected chi connectivity index (χ0v) is 16.6. The van der Waals surface area contributed by atoms with Crippen LogP contribution in [-0.2, 0) is 4.74 Å². The summed E-state index contributed by atoms with van der Waals surface area (Å²) in [4.78, 5) is 15.9. The molecule has 0 saturated carbocycles. The number of allylic oxidation sites excluding steroid dienone is 1. The molecule has 0 rings (SSSR count). The fourth-order valence-corrected chi connectivity index (χ4v) is 1.76. The second kappa shape index (κ2) is 13.2. The van der Waals surface area contributed by atoms with Crippen molar-refractivity contribution in [3.05, 3.63) is 24.3 Å². The molecule has 23 heavy (non-hydrogen) atoms. The molecule has 0 aromatic carbocycles. The summed E-state index contributed by atoms with van der Waals surface area (Å²) in [6.07, 6.45) is 4.94. The number of likely N-dealkylation sites (N-methyl/N-ethyl adjacent to an activating group) is 2. The van der Waals surface area contributed by atoms with Gasteiger partial charge in [-0.2, -0.15) is 0 Å². The maximum Gasteiger partial charge on any atom is 0.410 e. The quantitative estimate of drug-likeness (QED) is 0.605. The van der Waals surface area contributed by atoms with Crippen molar-refractivity contribution in [2.24, 2.45) is 0 Å². The largest absolute Gasteiger partial charge is 0.444 e. The lowest BCUT2D eigenvalue weighted by atomic mass is 10.2. The van der Waals surface area contributed by atoms with E-state index in [2.05, 4.69) is 30.6 Å². The molecule has 0 fully saturated rings. The maximum absolute atomic E-state index is 12.0. The van der Waals surface area contributed by atoms with Gasteiger partial charge in [-0.25, -0.2) is 4.79 Å². The molecular formula is C19H38N2O2. The Morgan fingerprint density at radius 3 is 2.17 bits per heavy atom. The monoisotopic (exact) mass is 326 g/mol. The molecule has 0 aromatic rings. The van der Waals surface area contributed by atoms with E-state index in [1.165, 1.54) is 0 Å². The highest BCUT2D eigenvalue weighted by atomic mass is 16.6. The lowest BCUT2D eigenvalue weighted by Crippen LogP contribution is -2.40. The van der Waals surface area contributed by atoms with Gasteiger partial charge >= 0.3 is 6.09 Å². The summed E-state index contributed by atoms with van der Waals surface area (Å²) in [5.74, 6) is 0. The summed E-state index contributed by atoms with van der Waals surface area (Å²) < 4.78 is 5.40. The summed E-state index contributed by atoms with van der Waals surface area (Å²) in [6.45, 7) is 20.7. The number of rotatable bonds is 8. The fourth-order valence-electron chi connectivity index (χ4n) is 1.76. The molecule has 4 heteroatoms. The predicted octanol–water partition coefficient (Wildman–Crippen LogP) is 4.72. The highest BCUT2D eigenvalue weighted by Gasteiger charge is 2.21. The third-order valence-corrected chi connectivity index (χ3v) is 2.85. The molecule has 0 atom stereocenters. The molecule has 0 saturated heterocycles. The van der Waals surface area contributed by atoms with Gasteiger partial charge in [0.25, 0.3) is 0 Å². The number of ether oxygens (including phenoxy) is 1. The molecule has 0 radical (unpaired) electrons. The molecule has 136 valence electrons. The van der Waals surface area contributed by atoms with E-state index < -0.39 is 5.60 Å². The third-order valence-electron chi connectivity index (χ3n) is 2.85. The Bertz CT molecular complexity index is 357. The van der Waals surface area contributed by atoms with E-state index in [0.29, 0.717) is 13.1 Å². The van der Waals surface area contributed by atoms with Crippen LogP contribution in [0.5, 0.6) is 0 Å². The van der Waals surface area contributed by atoms with Crippen LogP contribution in [0.25, 0.3) is 0 Å². The van der Waals surface area contributed by atoms with Gasteiger partial charge in [0, 0.05) is 26.2 Å². The highest BCUT2D eigenvalue weighted by molar-refractivity contribution is 5.68. The Morgan fingerprint density at radius 2 is 1.74 bits per heavy atom. The van der Waals surface area contributed by atoms with Crippen LogP contribution in [0.1, 0.15) is 54.9 Å². The van der Waals surface area contributed by atoms with E-state index >= 15 is 0 Å². The highest BCUT2D eigenvalue weighted by Crippen LogP contribution is 2.10. The van der Waals surface area contributed by atoms with Crippen molar-refractivity contribution in [3.63, 3.8) is 0 Å². The van der Waals surface area contributed by atoms with Crippen LogP contribution in [0.2, 0.25) is 0 Å². The second-order valence-corrected chi connectivity index (χ2v) is 6.27. The van der Waals surface area contributed by atoms with Gasteiger partial charge in [0.2, 0.25) is 0 Å². The van der Waals surface area contributed by atoms with Crippen molar-refractivity contribution < 1.29 is 9.53 Å². The van der Waals surface area contributed by atoms with Crippen LogP contribution < -0.4 is 0 Å². The van der Waals surface area contributed by atoms with Gasteiger partial charge in [-0.3, -0.25) is 0 Å². The molecule has 0 aromatic heterocycles. The molecule has 0 aliphatic rings. The Balaban J connectivity index is 0. The van der Waals surface area contributed by atoms with Crippen molar-refractivity contribution in [2.75, 3.05) is 33.2 Å². The Kier molecular flexibility index (Phi) is 13.7. The van der Waals surface area contributed by atoms with Gasteiger partial charge < -0.3 is 14.5 Å². The zero-order valence-electron chi connectivity index (χ0n) is 16.6. The maximum atomic E-state index is 12.0. The van der Waals surface area contributed by atoms with Gasteiger partial charge in [-0.05, 0) is 46.7 Å². The lowest BCUT2D eigenvalue weighted by molar-refractivity contribution is 0.0248. The van der Waals surface area contributed by atoms with E-state index in [0.717, 1.165) is 25.1 Å². The van der Waals surface area contributed by atoms with Crippen molar-refractivity contribution >= 4 is 6.09 Å².